The first kappa shape index (κ1) is 21.8. The Bertz CT molecular complexity index is 923. The second kappa shape index (κ2) is 8.06. The number of fused-ring (bicyclic) bond motifs is 3. The van der Waals surface area contributed by atoms with Crippen LogP contribution in [0, 0.1) is 0 Å². The van der Waals surface area contributed by atoms with Crippen LogP contribution in [0.3, 0.4) is 0 Å². The van der Waals surface area contributed by atoms with Crippen molar-refractivity contribution in [1.82, 2.24) is 4.90 Å². The molecule has 0 amide bonds. The third-order valence-electron chi connectivity index (χ3n) is 5.74. The van der Waals surface area contributed by atoms with Crippen LogP contribution < -0.4 is 0 Å². The number of likely N-dealkylation sites (N-methyl/N-ethyl adjacent to an activating group) is 1. The Balaban J connectivity index is 0.000000258. The van der Waals surface area contributed by atoms with E-state index < -0.39 is 15.6 Å². The van der Waals surface area contributed by atoms with Gasteiger partial charge in [-0.2, -0.15) is 13.2 Å². The van der Waals surface area contributed by atoms with E-state index in [-0.39, 0.29) is 0 Å². The molecule has 5 rings (SSSR count). The number of rotatable bonds is 2. The van der Waals surface area contributed by atoms with Gasteiger partial charge in [-0.3, -0.25) is 4.90 Å². The third kappa shape index (κ3) is 4.80. The van der Waals surface area contributed by atoms with Crippen LogP contribution >= 0.6 is 0 Å². The van der Waals surface area contributed by atoms with Gasteiger partial charge in [0.05, 0.1) is 32.7 Å². The van der Waals surface area contributed by atoms with Gasteiger partial charge in [0, 0.05) is 12.1 Å². The van der Waals surface area contributed by atoms with E-state index in [2.05, 4.69) is 72.6 Å². The van der Waals surface area contributed by atoms with Crippen molar-refractivity contribution in [2.45, 2.75) is 17.6 Å². The number of halogens is 3. The Morgan fingerprint density at radius 2 is 1.48 bits per heavy atom. The minimum absolute atomic E-state index is 0.588. The minimum atomic E-state index is -6.09. The zero-order valence-corrected chi connectivity index (χ0v) is 16.7. The summed E-state index contributed by atoms with van der Waals surface area (Å²) in [5.41, 5.74) is -2.67. The van der Waals surface area contributed by atoms with Crippen LogP contribution in [0.25, 0.3) is 0 Å². The molecule has 3 fully saturated rings. The van der Waals surface area contributed by atoms with Crippen molar-refractivity contribution in [1.29, 1.82) is 0 Å². The van der Waals surface area contributed by atoms with Crippen molar-refractivity contribution in [2.75, 3.05) is 33.2 Å². The molecule has 4 atom stereocenters. The summed E-state index contributed by atoms with van der Waals surface area (Å²) >= 11 is 0. The van der Waals surface area contributed by atoms with E-state index in [4.69, 9.17) is 13.0 Å². The number of hydrogen-bond donors (Lipinski definition) is 0. The van der Waals surface area contributed by atoms with Gasteiger partial charge in [-0.05, 0) is 5.56 Å². The highest BCUT2D eigenvalue weighted by Gasteiger charge is 2.49. The Labute approximate surface area is 168 Å². The summed E-state index contributed by atoms with van der Waals surface area (Å²) in [6, 6.07) is 23.3. The normalized spacial score (nSPS) is 29.1. The molecule has 29 heavy (non-hydrogen) atoms. The van der Waals surface area contributed by atoms with Crippen LogP contribution in [-0.2, 0) is 10.1 Å². The molecular weight excluding hydrogens is 405 g/mol. The summed E-state index contributed by atoms with van der Waals surface area (Å²) in [6.07, 6.45) is 0. The van der Waals surface area contributed by atoms with Gasteiger partial charge >= 0.3 is 5.51 Å². The number of piperazine rings is 3. The lowest BCUT2D eigenvalue weighted by Gasteiger charge is -2.57. The van der Waals surface area contributed by atoms with E-state index in [0.717, 1.165) is 0 Å². The summed E-state index contributed by atoms with van der Waals surface area (Å²) in [6.45, 7) is 4.89. The molecule has 3 aliphatic heterocycles. The first-order valence-electron chi connectivity index (χ1n) is 9.21. The zero-order valence-electron chi connectivity index (χ0n) is 15.9. The fourth-order valence-corrected chi connectivity index (χ4v) is 4.17. The highest BCUT2D eigenvalue weighted by molar-refractivity contribution is 7.86. The smallest absolute Gasteiger partial charge is 0.485 e. The topological polar surface area (TPSA) is 60.4 Å². The molecule has 3 aliphatic rings. The minimum Gasteiger partial charge on any atom is -0.741 e. The predicted octanol–water partition coefficient (Wildman–Crippen LogP) is 3.30. The molecule has 2 bridgehead atoms. The molecule has 0 saturated carbocycles. The van der Waals surface area contributed by atoms with E-state index in [0.29, 0.717) is 12.1 Å². The van der Waals surface area contributed by atoms with Gasteiger partial charge in [-0.15, -0.1) is 0 Å². The van der Waals surface area contributed by atoms with Gasteiger partial charge < -0.3 is 9.04 Å². The predicted molar refractivity (Wildman–Crippen MR) is 102 cm³/mol. The van der Waals surface area contributed by atoms with Gasteiger partial charge in [0.25, 0.3) is 0 Å². The Kier molecular flexibility index (Phi) is 6.05. The molecule has 0 N–H and O–H groups in total. The lowest BCUT2D eigenvalue weighted by Crippen LogP contribution is -2.67. The molecular formula is C20H23F3N2O3S. The monoisotopic (exact) mass is 428 g/mol. The molecule has 0 aromatic heterocycles. The molecule has 0 spiro atoms. The van der Waals surface area contributed by atoms with Crippen molar-refractivity contribution >= 4 is 10.1 Å². The number of nitrogens with zero attached hydrogens (tertiary/aromatic N) is 2. The van der Waals surface area contributed by atoms with Crippen molar-refractivity contribution < 1.29 is 30.6 Å². The highest BCUT2D eigenvalue weighted by Crippen LogP contribution is 2.42. The maximum Gasteiger partial charge on any atom is 0.485 e. The summed E-state index contributed by atoms with van der Waals surface area (Å²) in [5, 5.41) is 0. The number of hydrogen-bond acceptors (Lipinski definition) is 4. The molecule has 3 saturated heterocycles. The average molecular weight is 428 g/mol. The second-order valence-electron chi connectivity index (χ2n) is 7.63. The van der Waals surface area contributed by atoms with Crippen LogP contribution in [0.1, 0.15) is 23.2 Å². The summed E-state index contributed by atoms with van der Waals surface area (Å²) in [5.74, 6) is 0. The van der Waals surface area contributed by atoms with Gasteiger partial charge in [-0.25, -0.2) is 8.42 Å². The van der Waals surface area contributed by atoms with Crippen molar-refractivity contribution in [3.63, 3.8) is 0 Å². The summed E-state index contributed by atoms with van der Waals surface area (Å²) in [7, 11) is -3.64. The Morgan fingerprint density at radius 3 is 1.93 bits per heavy atom. The summed E-state index contributed by atoms with van der Waals surface area (Å²) in [4.78, 5) is 2.69. The van der Waals surface area contributed by atoms with Crippen LogP contribution in [0.15, 0.2) is 60.7 Å². The second-order valence-corrected chi connectivity index (χ2v) is 9.00. The quantitative estimate of drug-likeness (QED) is 0.418. The van der Waals surface area contributed by atoms with Gasteiger partial charge in [0.1, 0.15) is 6.04 Å². The third-order valence-corrected chi connectivity index (χ3v) is 6.31. The van der Waals surface area contributed by atoms with Gasteiger partial charge in [0.2, 0.25) is 0 Å². The van der Waals surface area contributed by atoms with E-state index in [1.807, 2.05) is 0 Å². The largest absolute Gasteiger partial charge is 0.741 e. The van der Waals surface area contributed by atoms with E-state index in [1.165, 1.54) is 41.8 Å². The van der Waals surface area contributed by atoms with Crippen LogP contribution in [0.2, 0.25) is 0 Å². The van der Waals surface area contributed by atoms with E-state index in [1.54, 1.807) is 0 Å². The number of quaternary nitrogens is 1. The maximum atomic E-state index is 10.7. The van der Waals surface area contributed by atoms with Crippen molar-refractivity contribution in [3.05, 3.63) is 71.8 Å². The van der Waals surface area contributed by atoms with E-state index in [9.17, 15) is 13.2 Å². The molecule has 0 aliphatic carbocycles. The standard InChI is InChI=1S/C19H23N2.CHF3O3S/c1-21-13-12-20(14-19(21)17-10-6-3-7-11-17)18(15-21)16-8-4-2-5-9-16;2-1(3,4)8(5,6)7/h2-11,18-19H,12-15H2,1H3;(H,5,6,7)/q+1;/p-1/t18-,19-,21+;/m0./s1. The zero-order chi connectivity index (χ0) is 21.3. The van der Waals surface area contributed by atoms with Crippen LogP contribution in [0.5, 0.6) is 0 Å². The van der Waals surface area contributed by atoms with Gasteiger partial charge in [-0.1, -0.05) is 60.7 Å². The lowest BCUT2D eigenvalue weighted by atomic mass is 9.90. The van der Waals surface area contributed by atoms with Crippen LogP contribution in [-0.4, -0.2) is 61.1 Å². The molecule has 2 aromatic rings. The molecule has 0 radical (unpaired) electrons. The first-order chi connectivity index (χ1) is 13.5. The van der Waals surface area contributed by atoms with Gasteiger partial charge in [0.15, 0.2) is 10.1 Å². The Morgan fingerprint density at radius 1 is 1.00 bits per heavy atom. The van der Waals surface area contributed by atoms with Crippen LogP contribution in [0.4, 0.5) is 13.2 Å². The van der Waals surface area contributed by atoms with Crippen molar-refractivity contribution in [3.8, 4) is 0 Å². The SMILES string of the molecule is C[N@+]12CC[N@](C[C@H]1c1ccccc1)[C@H](c1ccccc1)C2.O=S(=O)([O-])C(F)(F)F. The molecule has 0 unspecified atom stereocenters. The number of alkyl halides is 3. The fraction of sp³-hybridized carbons (Fsp3) is 0.400. The summed E-state index contributed by atoms with van der Waals surface area (Å²) < 4.78 is 60.1. The average Bonchev–Trinajstić information content (AvgIpc) is 2.68. The van der Waals surface area contributed by atoms with Crippen molar-refractivity contribution in [2.24, 2.45) is 0 Å². The molecule has 158 valence electrons. The first-order valence-corrected chi connectivity index (χ1v) is 10.6. The fourth-order valence-electron chi connectivity index (χ4n) is 4.17. The molecule has 3 heterocycles. The van der Waals surface area contributed by atoms with E-state index >= 15 is 0 Å². The Hall–Kier alpha value is -1.94. The molecule has 5 nitrogen and oxygen atoms in total. The highest BCUT2D eigenvalue weighted by atomic mass is 32.2. The molecule has 9 heteroatoms. The maximum absolute atomic E-state index is 10.7. The lowest BCUT2D eigenvalue weighted by molar-refractivity contribution is -0.957. The molecule has 2 aromatic carbocycles. The number of benzene rings is 2.